The van der Waals surface area contributed by atoms with Gasteiger partial charge in [0.1, 0.15) is 10.0 Å². The van der Waals surface area contributed by atoms with Gasteiger partial charge in [-0.3, -0.25) is 9.89 Å². The van der Waals surface area contributed by atoms with E-state index >= 15 is 0 Å². The maximum atomic E-state index is 12.7. The van der Waals surface area contributed by atoms with Crippen LogP contribution in [0, 0.1) is 10.7 Å². The Balaban J connectivity index is 1.56. The number of thiophene rings is 1. The number of carbonyl (C=O) groups is 1. The van der Waals surface area contributed by atoms with Crippen molar-refractivity contribution in [3.8, 4) is 0 Å². The Morgan fingerprint density at radius 3 is 3.04 bits per heavy atom. The van der Waals surface area contributed by atoms with E-state index in [0.29, 0.717) is 41.3 Å². The smallest absolute Gasteiger partial charge is 0.252 e. The van der Waals surface area contributed by atoms with Crippen LogP contribution < -0.4 is 5.32 Å². The standard InChI is InChI=1S/C16H23N5O3S3/c1-2-21-13(18-19-16(21)25)7-8-17-15(22)12-5-3-9-20(11-12)27(23,24)14-6-4-10-26-14/h4,6,10,12H,2-3,5,7-9,11H2,1H3,(H,17,22)(H,19,25). The van der Waals surface area contributed by atoms with Gasteiger partial charge in [0.2, 0.25) is 5.91 Å². The second-order valence-corrected chi connectivity index (χ2v) is 9.86. The van der Waals surface area contributed by atoms with Crippen molar-refractivity contribution >= 4 is 39.5 Å². The number of carbonyl (C=O) groups excluding carboxylic acids is 1. The number of nitrogens with one attached hydrogen (secondary N) is 2. The van der Waals surface area contributed by atoms with Gasteiger partial charge in [-0.1, -0.05) is 6.07 Å². The number of amides is 1. The molecule has 0 aromatic carbocycles. The van der Waals surface area contributed by atoms with Crippen molar-refractivity contribution in [3.63, 3.8) is 0 Å². The maximum absolute atomic E-state index is 12.7. The SMILES string of the molecule is CCn1c(CCNC(=O)C2CCCN(S(=O)(=O)c3cccs3)C2)n[nH]c1=S. The molecule has 2 N–H and O–H groups in total. The van der Waals surface area contributed by atoms with Crippen LogP contribution in [0.3, 0.4) is 0 Å². The van der Waals surface area contributed by atoms with Crippen LogP contribution in [0.15, 0.2) is 21.7 Å². The number of hydrogen-bond acceptors (Lipinski definition) is 6. The van der Waals surface area contributed by atoms with E-state index in [0.717, 1.165) is 12.4 Å². The monoisotopic (exact) mass is 429 g/mol. The first-order chi connectivity index (χ1) is 12.9. The minimum Gasteiger partial charge on any atom is -0.355 e. The van der Waals surface area contributed by atoms with Gasteiger partial charge in [0.05, 0.1) is 5.92 Å². The summed E-state index contributed by atoms with van der Waals surface area (Å²) in [6.45, 7) is 3.82. The van der Waals surface area contributed by atoms with Crippen LogP contribution in [-0.2, 0) is 27.8 Å². The molecule has 1 atom stereocenters. The topological polar surface area (TPSA) is 100 Å². The third kappa shape index (κ3) is 4.48. The molecule has 27 heavy (non-hydrogen) atoms. The predicted octanol–water partition coefficient (Wildman–Crippen LogP) is 1.78. The molecule has 148 valence electrons. The van der Waals surface area contributed by atoms with E-state index in [1.807, 2.05) is 11.5 Å². The molecule has 1 amide bonds. The van der Waals surface area contributed by atoms with Gasteiger partial charge >= 0.3 is 0 Å². The van der Waals surface area contributed by atoms with Crippen molar-refractivity contribution in [1.82, 2.24) is 24.4 Å². The van der Waals surface area contributed by atoms with Crippen LogP contribution in [0.25, 0.3) is 0 Å². The molecule has 0 bridgehead atoms. The Hall–Kier alpha value is -1.56. The second-order valence-electron chi connectivity index (χ2n) is 6.36. The van der Waals surface area contributed by atoms with Gasteiger partial charge < -0.3 is 9.88 Å². The van der Waals surface area contributed by atoms with Gasteiger partial charge in [-0.25, -0.2) is 8.42 Å². The minimum absolute atomic E-state index is 0.113. The molecule has 0 aliphatic carbocycles. The summed E-state index contributed by atoms with van der Waals surface area (Å²) in [5.41, 5.74) is 0. The Kier molecular flexibility index (Phi) is 6.45. The molecule has 0 saturated carbocycles. The molecule has 2 aromatic rings. The van der Waals surface area contributed by atoms with Gasteiger partial charge in [-0.15, -0.1) is 11.3 Å². The Bertz CT molecular complexity index is 933. The average molecular weight is 430 g/mol. The molecule has 3 rings (SSSR count). The highest BCUT2D eigenvalue weighted by Crippen LogP contribution is 2.26. The van der Waals surface area contributed by atoms with E-state index < -0.39 is 10.0 Å². The number of rotatable bonds is 7. The third-order valence-electron chi connectivity index (χ3n) is 4.65. The maximum Gasteiger partial charge on any atom is 0.252 e. The van der Waals surface area contributed by atoms with Crippen molar-refractivity contribution in [2.24, 2.45) is 5.92 Å². The molecule has 11 heteroatoms. The molecule has 1 aliphatic heterocycles. The molecule has 2 aromatic heterocycles. The number of piperidine rings is 1. The number of hydrogen-bond donors (Lipinski definition) is 2. The number of nitrogens with zero attached hydrogens (tertiary/aromatic N) is 3. The predicted molar refractivity (Wildman–Crippen MR) is 106 cm³/mol. The molecule has 3 heterocycles. The fraction of sp³-hybridized carbons (Fsp3) is 0.562. The van der Waals surface area contributed by atoms with Gasteiger partial charge in [-0.2, -0.15) is 9.40 Å². The summed E-state index contributed by atoms with van der Waals surface area (Å²) >= 11 is 6.35. The quantitative estimate of drug-likeness (QED) is 0.654. The first-order valence-corrected chi connectivity index (χ1v) is 11.6. The van der Waals surface area contributed by atoms with E-state index in [1.165, 1.54) is 15.6 Å². The Morgan fingerprint density at radius 1 is 1.52 bits per heavy atom. The molecule has 1 unspecified atom stereocenters. The lowest BCUT2D eigenvalue weighted by atomic mass is 9.99. The van der Waals surface area contributed by atoms with Gasteiger partial charge in [0.15, 0.2) is 4.77 Å². The van der Waals surface area contributed by atoms with E-state index in [-0.39, 0.29) is 18.4 Å². The summed E-state index contributed by atoms with van der Waals surface area (Å²) in [7, 11) is -3.51. The third-order valence-corrected chi connectivity index (χ3v) is 8.20. The molecule has 1 fully saturated rings. The molecule has 1 saturated heterocycles. The fourth-order valence-corrected chi connectivity index (χ4v) is 6.17. The minimum atomic E-state index is -3.51. The van der Waals surface area contributed by atoms with Crippen molar-refractivity contribution in [2.45, 2.75) is 36.9 Å². The van der Waals surface area contributed by atoms with Crippen molar-refractivity contribution in [1.29, 1.82) is 0 Å². The summed E-state index contributed by atoms with van der Waals surface area (Å²) in [6, 6.07) is 3.32. The summed E-state index contributed by atoms with van der Waals surface area (Å²) in [6.07, 6.45) is 1.93. The van der Waals surface area contributed by atoms with E-state index in [1.54, 1.807) is 17.5 Å². The van der Waals surface area contributed by atoms with E-state index in [4.69, 9.17) is 12.2 Å². The van der Waals surface area contributed by atoms with E-state index in [2.05, 4.69) is 15.5 Å². The molecular formula is C16H23N5O3S3. The van der Waals surface area contributed by atoms with Crippen molar-refractivity contribution < 1.29 is 13.2 Å². The number of H-pyrrole nitrogens is 1. The molecule has 1 aliphatic rings. The van der Waals surface area contributed by atoms with E-state index in [9.17, 15) is 13.2 Å². The first kappa shape index (κ1) is 20.2. The van der Waals surface area contributed by atoms with Crippen molar-refractivity contribution in [2.75, 3.05) is 19.6 Å². The second kappa shape index (κ2) is 8.63. The van der Waals surface area contributed by atoms with Gasteiger partial charge in [0, 0.05) is 32.6 Å². The summed E-state index contributed by atoms with van der Waals surface area (Å²) in [4.78, 5) is 12.5. The van der Waals surface area contributed by atoms with Crippen LogP contribution in [-0.4, -0.2) is 53.0 Å². The van der Waals surface area contributed by atoms with Crippen LogP contribution >= 0.6 is 23.6 Å². The lowest BCUT2D eigenvalue weighted by Gasteiger charge is -2.30. The number of aromatic nitrogens is 3. The Labute approximate surface area is 167 Å². The number of sulfonamides is 1. The zero-order chi connectivity index (χ0) is 19.4. The molecular weight excluding hydrogens is 406 g/mol. The van der Waals surface area contributed by atoms with Crippen LogP contribution in [0.2, 0.25) is 0 Å². The van der Waals surface area contributed by atoms with Crippen LogP contribution in [0.1, 0.15) is 25.6 Å². The largest absolute Gasteiger partial charge is 0.355 e. The summed E-state index contributed by atoms with van der Waals surface area (Å²) in [5, 5.41) is 11.6. The van der Waals surface area contributed by atoms with Gasteiger partial charge in [0.25, 0.3) is 10.0 Å². The summed E-state index contributed by atoms with van der Waals surface area (Å²) in [5.74, 6) is 0.354. The molecule has 0 radical (unpaired) electrons. The van der Waals surface area contributed by atoms with Crippen LogP contribution in [0.4, 0.5) is 0 Å². The highest BCUT2D eigenvalue weighted by molar-refractivity contribution is 7.91. The average Bonchev–Trinajstić information content (AvgIpc) is 3.32. The molecule has 0 spiro atoms. The highest BCUT2D eigenvalue weighted by atomic mass is 32.2. The lowest BCUT2D eigenvalue weighted by Crippen LogP contribution is -2.45. The fourth-order valence-electron chi connectivity index (χ4n) is 3.22. The Morgan fingerprint density at radius 2 is 2.33 bits per heavy atom. The highest BCUT2D eigenvalue weighted by Gasteiger charge is 2.33. The van der Waals surface area contributed by atoms with Crippen LogP contribution in [0.5, 0.6) is 0 Å². The van der Waals surface area contributed by atoms with Crippen molar-refractivity contribution in [3.05, 3.63) is 28.1 Å². The lowest BCUT2D eigenvalue weighted by molar-refractivity contribution is -0.126. The zero-order valence-electron chi connectivity index (χ0n) is 15.1. The van der Waals surface area contributed by atoms with Gasteiger partial charge in [-0.05, 0) is 43.4 Å². The molecule has 8 nitrogen and oxygen atoms in total. The first-order valence-electron chi connectivity index (χ1n) is 8.89. The zero-order valence-corrected chi connectivity index (χ0v) is 17.5. The normalized spacial score (nSPS) is 18.5. The summed E-state index contributed by atoms with van der Waals surface area (Å²) < 4.78 is 29.5. The number of aromatic amines is 1.